The van der Waals surface area contributed by atoms with Gasteiger partial charge in [-0.15, -0.1) is 11.3 Å². The number of thiazole rings is 1. The van der Waals surface area contributed by atoms with Crippen molar-refractivity contribution in [3.8, 4) is 17.0 Å². The number of nitrogens with zero attached hydrogens (tertiary/aromatic N) is 1. The van der Waals surface area contributed by atoms with Gasteiger partial charge in [0.15, 0.2) is 5.13 Å². The van der Waals surface area contributed by atoms with E-state index in [4.69, 9.17) is 4.74 Å². The molecule has 0 aliphatic carbocycles. The molecule has 1 aromatic heterocycles. The second-order valence-electron chi connectivity index (χ2n) is 5.35. The van der Waals surface area contributed by atoms with Gasteiger partial charge in [-0.3, -0.25) is 10.1 Å². The van der Waals surface area contributed by atoms with Crippen LogP contribution < -0.4 is 10.1 Å². The Morgan fingerprint density at radius 1 is 1.16 bits per heavy atom. The smallest absolute Gasteiger partial charge is 0.257 e. The van der Waals surface area contributed by atoms with Crippen LogP contribution in [0, 0.1) is 18.6 Å². The summed E-state index contributed by atoms with van der Waals surface area (Å²) in [6.07, 6.45) is 0. The topological polar surface area (TPSA) is 51.2 Å². The fourth-order valence-electron chi connectivity index (χ4n) is 2.33. The predicted octanol–water partition coefficient (Wildman–Crippen LogP) is 4.66. The van der Waals surface area contributed by atoms with E-state index in [9.17, 15) is 13.6 Å². The molecule has 3 rings (SSSR count). The zero-order valence-electron chi connectivity index (χ0n) is 13.5. The number of nitrogens with one attached hydrogen (secondary N) is 1. The van der Waals surface area contributed by atoms with E-state index in [2.05, 4.69) is 10.3 Å². The van der Waals surface area contributed by atoms with Crippen molar-refractivity contribution in [2.24, 2.45) is 0 Å². The van der Waals surface area contributed by atoms with Crippen LogP contribution in [0.15, 0.2) is 41.8 Å². The molecule has 0 atom stereocenters. The van der Waals surface area contributed by atoms with E-state index < -0.39 is 17.5 Å². The van der Waals surface area contributed by atoms with E-state index in [1.165, 1.54) is 11.3 Å². The summed E-state index contributed by atoms with van der Waals surface area (Å²) >= 11 is 1.21. The van der Waals surface area contributed by atoms with Gasteiger partial charge in [0, 0.05) is 22.6 Å². The number of carbonyl (C=O) groups excluding carboxylic acids is 1. The highest BCUT2D eigenvalue weighted by atomic mass is 32.1. The fourth-order valence-corrected chi connectivity index (χ4v) is 3.04. The van der Waals surface area contributed by atoms with Crippen molar-refractivity contribution in [1.82, 2.24) is 4.98 Å². The maximum absolute atomic E-state index is 13.2. The van der Waals surface area contributed by atoms with E-state index in [0.717, 1.165) is 23.3 Å². The number of methoxy groups -OCH3 is 1. The Kier molecular flexibility index (Phi) is 4.76. The normalized spacial score (nSPS) is 10.6. The number of ether oxygens (including phenoxy) is 1. The van der Waals surface area contributed by atoms with Gasteiger partial charge in [0.25, 0.3) is 5.91 Å². The third-order valence-electron chi connectivity index (χ3n) is 3.48. The van der Waals surface area contributed by atoms with Crippen molar-refractivity contribution >= 4 is 22.4 Å². The maximum atomic E-state index is 13.2. The molecule has 1 N–H and O–H groups in total. The number of aryl methyl sites for hydroxylation is 1. The van der Waals surface area contributed by atoms with Crippen molar-refractivity contribution in [2.75, 3.05) is 12.4 Å². The average molecular weight is 360 g/mol. The number of amides is 1. The van der Waals surface area contributed by atoms with Gasteiger partial charge < -0.3 is 4.74 Å². The van der Waals surface area contributed by atoms with Gasteiger partial charge in [-0.25, -0.2) is 13.8 Å². The number of carbonyl (C=O) groups is 1. The van der Waals surface area contributed by atoms with Gasteiger partial charge in [0.2, 0.25) is 0 Å². The summed E-state index contributed by atoms with van der Waals surface area (Å²) in [7, 11) is 1.57. The minimum absolute atomic E-state index is 0.109. The van der Waals surface area contributed by atoms with Crippen LogP contribution in [-0.2, 0) is 0 Å². The molecule has 0 radical (unpaired) electrons. The van der Waals surface area contributed by atoms with Crippen molar-refractivity contribution in [3.63, 3.8) is 0 Å². The van der Waals surface area contributed by atoms with Crippen LogP contribution >= 0.6 is 11.3 Å². The lowest BCUT2D eigenvalue weighted by Gasteiger charge is -2.07. The minimum Gasteiger partial charge on any atom is -0.496 e. The van der Waals surface area contributed by atoms with Crippen molar-refractivity contribution in [3.05, 3.63) is 64.5 Å². The quantitative estimate of drug-likeness (QED) is 0.736. The van der Waals surface area contributed by atoms with E-state index in [0.29, 0.717) is 22.6 Å². The lowest BCUT2D eigenvalue weighted by Crippen LogP contribution is -2.12. The Balaban J connectivity index is 1.85. The third kappa shape index (κ3) is 3.83. The monoisotopic (exact) mass is 360 g/mol. The SMILES string of the molecule is COc1ccc(C)cc1-c1csc(NC(=O)c2cc(F)cc(F)c2)n1. The number of aromatic nitrogens is 1. The zero-order chi connectivity index (χ0) is 18.0. The summed E-state index contributed by atoms with van der Waals surface area (Å²) in [6, 6.07) is 8.35. The molecule has 25 heavy (non-hydrogen) atoms. The van der Waals surface area contributed by atoms with Crippen molar-refractivity contribution < 1.29 is 18.3 Å². The Labute approximate surface area is 147 Å². The van der Waals surface area contributed by atoms with Crippen LogP contribution in [0.25, 0.3) is 11.3 Å². The van der Waals surface area contributed by atoms with E-state index >= 15 is 0 Å². The number of rotatable bonds is 4. The first-order valence-electron chi connectivity index (χ1n) is 7.34. The Hall–Kier alpha value is -2.80. The summed E-state index contributed by atoms with van der Waals surface area (Å²) in [6.45, 7) is 1.95. The molecule has 1 amide bonds. The van der Waals surface area contributed by atoms with Gasteiger partial charge in [0.1, 0.15) is 17.4 Å². The fraction of sp³-hybridized carbons (Fsp3) is 0.111. The molecule has 1 heterocycles. The molecular formula is C18H14F2N2O2S. The largest absolute Gasteiger partial charge is 0.496 e. The maximum Gasteiger partial charge on any atom is 0.257 e. The highest BCUT2D eigenvalue weighted by Gasteiger charge is 2.14. The molecule has 128 valence electrons. The van der Waals surface area contributed by atoms with Gasteiger partial charge in [-0.1, -0.05) is 11.6 Å². The summed E-state index contributed by atoms with van der Waals surface area (Å²) in [5.41, 5.74) is 2.38. The first-order valence-corrected chi connectivity index (χ1v) is 8.22. The molecule has 3 aromatic rings. The van der Waals surface area contributed by atoms with Gasteiger partial charge in [-0.2, -0.15) is 0 Å². The Morgan fingerprint density at radius 3 is 2.56 bits per heavy atom. The number of hydrogen-bond acceptors (Lipinski definition) is 4. The minimum atomic E-state index is -0.811. The first-order chi connectivity index (χ1) is 12.0. The molecule has 0 saturated carbocycles. The number of hydrogen-bond donors (Lipinski definition) is 1. The number of benzene rings is 2. The number of halogens is 2. The van der Waals surface area contributed by atoms with Gasteiger partial charge >= 0.3 is 0 Å². The molecule has 0 aliphatic heterocycles. The van der Waals surface area contributed by atoms with Crippen LogP contribution in [0.3, 0.4) is 0 Å². The summed E-state index contributed by atoms with van der Waals surface area (Å²) in [5.74, 6) is -1.58. The highest BCUT2D eigenvalue weighted by molar-refractivity contribution is 7.14. The summed E-state index contributed by atoms with van der Waals surface area (Å²) in [5, 5.41) is 4.65. The second-order valence-corrected chi connectivity index (χ2v) is 6.21. The third-order valence-corrected chi connectivity index (χ3v) is 4.24. The molecule has 2 aromatic carbocycles. The van der Waals surface area contributed by atoms with Crippen LogP contribution in [0.1, 0.15) is 15.9 Å². The summed E-state index contributed by atoms with van der Waals surface area (Å²) < 4.78 is 31.8. The standard InChI is InChI=1S/C18H14F2N2O2S/c1-10-3-4-16(24-2)14(5-10)15-9-25-18(21-15)22-17(23)11-6-12(19)8-13(20)7-11/h3-9H,1-2H3,(H,21,22,23). The van der Waals surface area contributed by atoms with Crippen LogP contribution in [-0.4, -0.2) is 18.0 Å². The van der Waals surface area contributed by atoms with Gasteiger partial charge in [-0.05, 0) is 31.2 Å². The predicted molar refractivity (Wildman–Crippen MR) is 93.2 cm³/mol. The average Bonchev–Trinajstić information content (AvgIpc) is 3.02. The molecule has 0 fully saturated rings. The molecule has 4 nitrogen and oxygen atoms in total. The molecule has 0 spiro atoms. The van der Waals surface area contributed by atoms with Crippen molar-refractivity contribution in [1.29, 1.82) is 0 Å². The zero-order valence-corrected chi connectivity index (χ0v) is 14.3. The van der Waals surface area contributed by atoms with E-state index in [-0.39, 0.29) is 5.56 Å². The Bertz CT molecular complexity index is 920. The van der Waals surface area contributed by atoms with Crippen LogP contribution in [0.4, 0.5) is 13.9 Å². The van der Waals surface area contributed by atoms with Crippen molar-refractivity contribution in [2.45, 2.75) is 6.92 Å². The van der Waals surface area contributed by atoms with Crippen LogP contribution in [0.5, 0.6) is 5.75 Å². The Morgan fingerprint density at radius 2 is 1.88 bits per heavy atom. The molecular weight excluding hydrogens is 346 g/mol. The molecule has 0 bridgehead atoms. The van der Waals surface area contributed by atoms with E-state index in [1.807, 2.05) is 25.1 Å². The lowest BCUT2D eigenvalue weighted by atomic mass is 10.1. The molecule has 0 saturated heterocycles. The highest BCUT2D eigenvalue weighted by Crippen LogP contribution is 2.33. The molecule has 0 aliphatic rings. The van der Waals surface area contributed by atoms with Gasteiger partial charge in [0.05, 0.1) is 12.8 Å². The summed E-state index contributed by atoms with van der Waals surface area (Å²) in [4.78, 5) is 16.5. The molecule has 0 unspecified atom stereocenters. The van der Waals surface area contributed by atoms with E-state index in [1.54, 1.807) is 12.5 Å². The van der Waals surface area contributed by atoms with Crippen LogP contribution in [0.2, 0.25) is 0 Å². The lowest BCUT2D eigenvalue weighted by molar-refractivity contribution is 0.102. The molecule has 7 heteroatoms. The second kappa shape index (κ2) is 6.98. The number of anilines is 1. The first kappa shape index (κ1) is 17.0.